The van der Waals surface area contributed by atoms with Crippen LogP contribution < -0.4 is 5.73 Å². The van der Waals surface area contributed by atoms with E-state index in [1.54, 1.807) is 18.2 Å². The zero-order valence-electron chi connectivity index (χ0n) is 7.61. The molecule has 0 saturated heterocycles. The zero-order chi connectivity index (χ0) is 10.8. The van der Waals surface area contributed by atoms with E-state index >= 15 is 0 Å². The van der Waals surface area contributed by atoms with Gasteiger partial charge in [-0.05, 0) is 12.1 Å². The highest BCUT2D eigenvalue weighted by molar-refractivity contribution is 6.30. The molecule has 0 aliphatic rings. The van der Waals surface area contributed by atoms with Crippen molar-refractivity contribution in [3.8, 4) is 11.3 Å². The predicted octanol–water partition coefficient (Wildman–Crippen LogP) is 3.03. The van der Waals surface area contributed by atoms with Crippen LogP contribution in [0.3, 0.4) is 0 Å². The van der Waals surface area contributed by atoms with Gasteiger partial charge in [0.25, 0.3) is 0 Å². The number of anilines is 1. The van der Waals surface area contributed by atoms with Gasteiger partial charge >= 0.3 is 0 Å². The van der Waals surface area contributed by atoms with Crippen molar-refractivity contribution in [2.45, 2.75) is 0 Å². The average molecular weight is 240 g/mol. The van der Waals surface area contributed by atoms with Crippen molar-refractivity contribution < 1.29 is 0 Å². The molecule has 2 aromatic rings. The van der Waals surface area contributed by atoms with Crippen molar-refractivity contribution in [3.63, 3.8) is 0 Å². The normalized spacial score (nSPS) is 10.3. The van der Waals surface area contributed by atoms with Gasteiger partial charge in [0.2, 0.25) is 5.95 Å². The van der Waals surface area contributed by atoms with Crippen LogP contribution in [0.5, 0.6) is 0 Å². The number of nitrogen functional groups attached to an aromatic ring is 1. The van der Waals surface area contributed by atoms with Crippen LogP contribution in [0.25, 0.3) is 11.3 Å². The molecule has 76 valence electrons. The molecule has 0 spiro atoms. The van der Waals surface area contributed by atoms with Gasteiger partial charge in [-0.3, -0.25) is 0 Å². The van der Waals surface area contributed by atoms with Crippen LogP contribution in [-0.4, -0.2) is 9.97 Å². The number of nitrogens with two attached hydrogens (primary N) is 1. The summed E-state index contributed by atoms with van der Waals surface area (Å²) in [6, 6.07) is 8.91. The lowest BCUT2D eigenvalue weighted by molar-refractivity contribution is 1.19. The Morgan fingerprint density at radius 3 is 2.27 bits per heavy atom. The molecule has 5 heteroatoms. The Bertz CT molecular complexity index is 462. The molecule has 0 aliphatic heterocycles. The molecule has 2 N–H and O–H groups in total. The van der Waals surface area contributed by atoms with Crippen LogP contribution in [0.1, 0.15) is 0 Å². The standard InChI is InChI=1S/C10H7Cl2N3/c11-7-3-1-6(2-4-7)8-5-9(12)15-10(13)14-8/h1-5H,(H2,13,14,15). The van der Waals surface area contributed by atoms with E-state index in [0.717, 1.165) is 5.56 Å². The van der Waals surface area contributed by atoms with E-state index in [2.05, 4.69) is 9.97 Å². The molecular formula is C10H7Cl2N3. The Morgan fingerprint density at radius 1 is 1.00 bits per heavy atom. The number of hydrogen-bond acceptors (Lipinski definition) is 3. The fourth-order valence-electron chi connectivity index (χ4n) is 1.20. The number of nitrogens with zero attached hydrogens (tertiary/aromatic N) is 2. The molecule has 0 saturated carbocycles. The van der Waals surface area contributed by atoms with Crippen molar-refractivity contribution in [1.29, 1.82) is 0 Å². The van der Waals surface area contributed by atoms with E-state index in [1.165, 1.54) is 0 Å². The van der Waals surface area contributed by atoms with Crippen LogP contribution in [0.2, 0.25) is 10.2 Å². The smallest absolute Gasteiger partial charge is 0.221 e. The second-order valence-corrected chi connectivity index (χ2v) is 3.76. The Hall–Kier alpha value is -1.32. The lowest BCUT2D eigenvalue weighted by atomic mass is 10.1. The first-order chi connectivity index (χ1) is 7.15. The van der Waals surface area contributed by atoms with Crippen molar-refractivity contribution in [1.82, 2.24) is 9.97 Å². The summed E-state index contributed by atoms with van der Waals surface area (Å²) in [7, 11) is 0. The number of hydrogen-bond donors (Lipinski definition) is 1. The summed E-state index contributed by atoms with van der Waals surface area (Å²) in [6.07, 6.45) is 0. The van der Waals surface area contributed by atoms with Crippen molar-refractivity contribution in [2.24, 2.45) is 0 Å². The molecule has 1 aromatic carbocycles. The van der Waals surface area contributed by atoms with Gasteiger partial charge in [0.15, 0.2) is 0 Å². The van der Waals surface area contributed by atoms with Crippen molar-refractivity contribution in [2.75, 3.05) is 5.73 Å². The van der Waals surface area contributed by atoms with E-state index in [-0.39, 0.29) is 5.95 Å². The summed E-state index contributed by atoms with van der Waals surface area (Å²) in [4.78, 5) is 7.86. The first kappa shape index (κ1) is 10.2. The Morgan fingerprint density at radius 2 is 1.67 bits per heavy atom. The zero-order valence-corrected chi connectivity index (χ0v) is 9.13. The molecule has 0 unspecified atom stereocenters. The minimum Gasteiger partial charge on any atom is -0.368 e. The van der Waals surface area contributed by atoms with Gasteiger partial charge in [0, 0.05) is 16.7 Å². The highest BCUT2D eigenvalue weighted by atomic mass is 35.5. The summed E-state index contributed by atoms with van der Waals surface area (Å²) in [6.45, 7) is 0. The monoisotopic (exact) mass is 239 g/mol. The van der Waals surface area contributed by atoms with Gasteiger partial charge in [0.05, 0.1) is 5.69 Å². The fourth-order valence-corrected chi connectivity index (χ4v) is 1.52. The second-order valence-electron chi connectivity index (χ2n) is 2.94. The van der Waals surface area contributed by atoms with Gasteiger partial charge in [-0.2, -0.15) is 0 Å². The van der Waals surface area contributed by atoms with E-state index in [1.807, 2.05) is 12.1 Å². The second kappa shape index (κ2) is 4.04. The highest BCUT2D eigenvalue weighted by Gasteiger charge is 2.03. The summed E-state index contributed by atoms with van der Waals surface area (Å²) in [5, 5.41) is 0.999. The molecule has 3 nitrogen and oxygen atoms in total. The molecule has 1 heterocycles. The Balaban J connectivity index is 2.49. The molecule has 0 bridgehead atoms. The first-order valence-corrected chi connectivity index (χ1v) is 4.97. The van der Waals surface area contributed by atoms with Gasteiger partial charge in [-0.1, -0.05) is 35.3 Å². The fraction of sp³-hybridized carbons (Fsp3) is 0. The summed E-state index contributed by atoms with van der Waals surface area (Å²) >= 11 is 11.6. The third-order valence-electron chi connectivity index (χ3n) is 1.85. The van der Waals surface area contributed by atoms with E-state index in [4.69, 9.17) is 28.9 Å². The molecule has 0 fully saturated rings. The van der Waals surface area contributed by atoms with Crippen molar-refractivity contribution in [3.05, 3.63) is 40.5 Å². The number of benzene rings is 1. The topological polar surface area (TPSA) is 51.8 Å². The Kier molecular flexibility index (Phi) is 2.75. The summed E-state index contributed by atoms with van der Waals surface area (Å²) in [5.74, 6) is 0.160. The van der Waals surface area contributed by atoms with Crippen LogP contribution in [0.4, 0.5) is 5.95 Å². The molecule has 15 heavy (non-hydrogen) atoms. The van der Waals surface area contributed by atoms with Crippen molar-refractivity contribution >= 4 is 29.2 Å². The third-order valence-corrected chi connectivity index (χ3v) is 2.30. The number of halogens is 2. The van der Waals surface area contributed by atoms with E-state index in [0.29, 0.717) is 15.9 Å². The number of rotatable bonds is 1. The molecule has 0 aliphatic carbocycles. The quantitative estimate of drug-likeness (QED) is 0.779. The minimum absolute atomic E-state index is 0.160. The van der Waals surface area contributed by atoms with E-state index < -0.39 is 0 Å². The highest BCUT2D eigenvalue weighted by Crippen LogP contribution is 2.22. The SMILES string of the molecule is Nc1nc(Cl)cc(-c2ccc(Cl)cc2)n1. The average Bonchev–Trinajstić information content (AvgIpc) is 2.17. The van der Waals surface area contributed by atoms with E-state index in [9.17, 15) is 0 Å². The molecule has 0 atom stereocenters. The maximum Gasteiger partial charge on any atom is 0.221 e. The maximum absolute atomic E-state index is 5.78. The third kappa shape index (κ3) is 2.37. The Labute approximate surface area is 96.9 Å². The summed E-state index contributed by atoms with van der Waals surface area (Å²) in [5.41, 5.74) is 7.08. The van der Waals surface area contributed by atoms with Gasteiger partial charge in [0.1, 0.15) is 5.15 Å². The predicted molar refractivity (Wildman–Crippen MR) is 61.9 cm³/mol. The molecule has 0 radical (unpaired) electrons. The lowest BCUT2D eigenvalue weighted by Crippen LogP contribution is -1.96. The number of aromatic nitrogens is 2. The lowest BCUT2D eigenvalue weighted by Gasteiger charge is -2.02. The molecular weight excluding hydrogens is 233 g/mol. The molecule has 2 rings (SSSR count). The molecule has 0 amide bonds. The minimum atomic E-state index is 0.160. The van der Waals surface area contributed by atoms with Crippen LogP contribution in [0.15, 0.2) is 30.3 Å². The van der Waals surface area contributed by atoms with Gasteiger partial charge in [-0.25, -0.2) is 9.97 Å². The van der Waals surface area contributed by atoms with Gasteiger partial charge < -0.3 is 5.73 Å². The van der Waals surface area contributed by atoms with Crippen LogP contribution >= 0.6 is 23.2 Å². The van der Waals surface area contributed by atoms with Crippen LogP contribution in [-0.2, 0) is 0 Å². The first-order valence-electron chi connectivity index (χ1n) is 4.21. The largest absolute Gasteiger partial charge is 0.368 e. The van der Waals surface area contributed by atoms with Crippen LogP contribution in [0, 0.1) is 0 Å². The maximum atomic E-state index is 5.78. The summed E-state index contributed by atoms with van der Waals surface area (Å²) < 4.78 is 0. The van der Waals surface area contributed by atoms with Gasteiger partial charge in [-0.15, -0.1) is 0 Å². The molecule has 1 aromatic heterocycles.